The molecule has 5 nitrogen and oxygen atoms in total. The Hall–Kier alpha value is -1.88. The van der Waals surface area contributed by atoms with E-state index >= 15 is 0 Å². The number of carbonyl (C=O) groups is 1. The Bertz CT molecular complexity index is 983. The number of aliphatic carboxylic acids is 1. The summed E-state index contributed by atoms with van der Waals surface area (Å²) in [5.41, 5.74) is -1.51. The first-order valence-corrected chi connectivity index (χ1v) is 9.86. The first-order chi connectivity index (χ1) is 11.7. The summed E-state index contributed by atoms with van der Waals surface area (Å²) in [6.07, 6.45) is 0. The van der Waals surface area contributed by atoms with E-state index < -0.39 is 32.4 Å². The smallest absolute Gasteiger partial charge is 0.326 e. The highest BCUT2D eigenvalue weighted by Crippen LogP contribution is 2.64. The summed E-state index contributed by atoms with van der Waals surface area (Å²) < 4.78 is 26.7. The lowest BCUT2D eigenvalue weighted by atomic mass is 10.0. The highest BCUT2D eigenvalue weighted by atomic mass is 79.9. The number of hydrogen-bond acceptors (Lipinski definition) is 4. The lowest BCUT2D eigenvalue weighted by molar-refractivity contribution is -0.141. The molecule has 1 aliphatic rings. The second-order valence-electron chi connectivity index (χ2n) is 5.73. The third kappa shape index (κ3) is 2.74. The molecule has 0 spiro atoms. The maximum Gasteiger partial charge on any atom is 0.326 e. The molecule has 0 saturated heterocycles. The van der Waals surface area contributed by atoms with E-state index in [0.717, 1.165) is 4.47 Å². The van der Waals surface area contributed by atoms with E-state index in [0.29, 0.717) is 10.6 Å². The zero-order valence-electron chi connectivity index (χ0n) is 12.6. The zero-order chi connectivity index (χ0) is 18.4. The van der Waals surface area contributed by atoms with Gasteiger partial charge in [0.1, 0.15) is 5.25 Å². The molecule has 1 N–H and O–H groups in total. The zero-order valence-corrected chi connectivity index (χ0v) is 15.7. The molecule has 0 amide bonds. The van der Waals surface area contributed by atoms with Crippen molar-refractivity contribution in [2.24, 2.45) is 5.41 Å². The molecular formula is C17H11BrClNO4S. The van der Waals surface area contributed by atoms with Gasteiger partial charge >= 0.3 is 5.97 Å². The van der Waals surface area contributed by atoms with Crippen LogP contribution in [-0.2, 0) is 14.6 Å². The molecule has 128 valence electrons. The molecule has 2 aromatic carbocycles. The predicted octanol–water partition coefficient (Wildman–Crippen LogP) is 3.64. The Balaban J connectivity index is 2.12. The molecule has 1 aliphatic carbocycles. The Morgan fingerprint density at radius 3 is 2.20 bits per heavy atom. The second kappa shape index (κ2) is 6.13. The van der Waals surface area contributed by atoms with Gasteiger partial charge in [-0.2, -0.15) is 5.26 Å². The Morgan fingerprint density at radius 2 is 1.72 bits per heavy atom. The summed E-state index contributed by atoms with van der Waals surface area (Å²) in [4.78, 5) is 11.7. The van der Waals surface area contributed by atoms with Crippen LogP contribution in [-0.4, -0.2) is 24.7 Å². The molecule has 1 saturated carbocycles. The van der Waals surface area contributed by atoms with E-state index in [1.54, 1.807) is 30.3 Å². The van der Waals surface area contributed by atoms with E-state index in [1.165, 1.54) is 24.3 Å². The van der Waals surface area contributed by atoms with Crippen molar-refractivity contribution in [2.45, 2.75) is 16.1 Å². The van der Waals surface area contributed by atoms with E-state index in [9.17, 15) is 23.6 Å². The van der Waals surface area contributed by atoms with Gasteiger partial charge in [0.2, 0.25) is 0 Å². The van der Waals surface area contributed by atoms with Crippen molar-refractivity contribution in [1.82, 2.24) is 0 Å². The standard InChI is InChI=1S/C17H11BrClNO4S/c18-11-3-1-10(2-4-11)14-15(17(14,9-20)16(21)22)25(23,24)13-7-5-12(19)6-8-13/h1-8,14-15H,(H,21,22)/t14-,15+,17-/m1/s1. The predicted molar refractivity (Wildman–Crippen MR) is 95.0 cm³/mol. The molecule has 0 aliphatic heterocycles. The molecule has 25 heavy (non-hydrogen) atoms. The minimum atomic E-state index is -4.03. The monoisotopic (exact) mass is 439 g/mol. The van der Waals surface area contributed by atoms with Crippen LogP contribution in [0.2, 0.25) is 5.02 Å². The average molecular weight is 441 g/mol. The minimum absolute atomic E-state index is 0.0533. The summed E-state index contributed by atoms with van der Waals surface area (Å²) in [5, 5.41) is 18.1. The second-order valence-corrected chi connectivity index (χ2v) is 9.16. The number of carboxylic acid groups (broad SMARTS) is 1. The Kier molecular flexibility index (Phi) is 4.40. The molecule has 0 radical (unpaired) electrons. The van der Waals surface area contributed by atoms with Crippen molar-refractivity contribution < 1.29 is 18.3 Å². The molecule has 3 atom stereocenters. The lowest BCUT2D eigenvalue weighted by Crippen LogP contribution is -2.22. The minimum Gasteiger partial charge on any atom is -0.480 e. The quantitative estimate of drug-likeness (QED) is 0.783. The van der Waals surface area contributed by atoms with E-state index in [-0.39, 0.29) is 4.90 Å². The van der Waals surface area contributed by atoms with Crippen molar-refractivity contribution in [3.8, 4) is 6.07 Å². The van der Waals surface area contributed by atoms with E-state index in [1.807, 2.05) is 0 Å². The number of carboxylic acids is 1. The summed E-state index contributed by atoms with van der Waals surface area (Å²) in [5.74, 6) is -2.38. The van der Waals surface area contributed by atoms with Crippen LogP contribution < -0.4 is 0 Å². The van der Waals surface area contributed by atoms with Crippen LogP contribution in [0.5, 0.6) is 0 Å². The van der Waals surface area contributed by atoms with Crippen LogP contribution >= 0.6 is 27.5 Å². The Labute approximate surface area is 157 Å². The van der Waals surface area contributed by atoms with Crippen molar-refractivity contribution in [2.75, 3.05) is 0 Å². The maximum atomic E-state index is 13.0. The van der Waals surface area contributed by atoms with Gasteiger partial charge in [0.05, 0.1) is 11.0 Å². The summed E-state index contributed by atoms with van der Waals surface area (Å²) >= 11 is 9.06. The van der Waals surface area contributed by atoms with Crippen molar-refractivity contribution in [3.05, 3.63) is 63.6 Å². The molecule has 0 aromatic heterocycles. The fourth-order valence-electron chi connectivity index (χ4n) is 3.09. The molecular weight excluding hydrogens is 430 g/mol. The summed E-state index contributed by atoms with van der Waals surface area (Å²) in [7, 11) is -4.03. The fourth-order valence-corrected chi connectivity index (χ4v) is 5.73. The average Bonchev–Trinajstić information content (AvgIpc) is 3.27. The molecule has 0 heterocycles. The Morgan fingerprint density at radius 1 is 1.16 bits per heavy atom. The number of halogens is 2. The van der Waals surface area contributed by atoms with Gasteiger partial charge in [-0.15, -0.1) is 0 Å². The molecule has 1 fully saturated rings. The van der Waals surface area contributed by atoms with Crippen molar-refractivity contribution >= 4 is 43.3 Å². The fraction of sp³-hybridized carbons (Fsp3) is 0.176. The van der Waals surface area contributed by atoms with Gasteiger partial charge in [-0.05, 0) is 42.0 Å². The number of sulfone groups is 1. The largest absolute Gasteiger partial charge is 0.480 e. The molecule has 0 bridgehead atoms. The van der Waals surface area contributed by atoms with Crippen LogP contribution in [0.15, 0.2) is 57.9 Å². The number of nitrogens with zero attached hydrogens (tertiary/aromatic N) is 1. The van der Waals surface area contributed by atoms with E-state index in [4.69, 9.17) is 11.6 Å². The topological polar surface area (TPSA) is 95.2 Å². The number of rotatable bonds is 4. The molecule has 0 unspecified atom stereocenters. The highest BCUT2D eigenvalue weighted by Gasteiger charge is 2.77. The maximum absolute atomic E-state index is 13.0. The number of hydrogen-bond donors (Lipinski definition) is 1. The van der Waals surface area contributed by atoms with Crippen LogP contribution in [0.25, 0.3) is 0 Å². The third-order valence-corrected chi connectivity index (χ3v) is 7.40. The first kappa shape index (κ1) is 17.9. The van der Waals surface area contributed by atoms with Crippen LogP contribution in [0.1, 0.15) is 11.5 Å². The van der Waals surface area contributed by atoms with Gasteiger partial charge in [-0.3, -0.25) is 4.79 Å². The van der Waals surface area contributed by atoms with Gasteiger partial charge < -0.3 is 5.11 Å². The van der Waals surface area contributed by atoms with Crippen LogP contribution in [0, 0.1) is 16.7 Å². The molecule has 8 heteroatoms. The van der Waals surface area contributed by atoms with Gasteiger partial charge in [0, 0.05) is 15.4 Å². The molecule has 2 aromatic rings. The third-order valence-electron chi connectivity index (χ3n) is 4.38. The van der Waals surface area contributed by atoms with Crippen molar-refractivity contribution in [3.63, 3.8) is 0 Å². The van der Waals surface area contributed by atoms with Gasteiger partial charge in [0.15, 0.2) is 15.3 Å². The van der Waals surface area contributed by atoms with E-state index in [2.05, 4.69) is 15.9 Å². The van der Waals surface area contributed by atoms with Gasteiger partial charge in [-0.25, -0.2) is 8.42 Å². The lowest BCUT2D eigenvalue weighted by Gasteiger charge is -2.05. The SMILES string of the molecule is N#C[C@@]1(C(=O)O)[C@H](c2ccc(Br)cc2)[C@@H]1S(=O)(=O)c1ccc(Cl)cc1. The van der Waals surface area contributed by atoms with Crippen LogP contribution in [0.4, 0.5) is 0 Å². The summed E-state index contributed by atoms with van der Waals surface area (Å²) in [6.45, 7) is 0. The van der Waals surface area contributed by atoms with Crippen molar-refractivity contribution in [1.29, 1.82) is 5.26 Å². The number of benzene rings is 2. The number of nitriles is 1. The van der Waals surface area contributed by atoms with Gasteiger partial charge in [-0.1, -0.05) is 39.7 Å². The highest BCUT2D eigenvalue weighted by molar-refractivity contribution is 9.10. The van der Waals surface area contributed by atoms with Crippen LogP contribution in [0.3, 0.4) is 0 Å². The normalized spacial score (nSPS) is 25.2. The van der Waals surface area contributed by atoms with Gasteiger partial charge in [0.25, 0.3) is 0 Å². The molecule has 3 rings (SSSR count). The summed E-state index contributed by atoms with van der Waals surface area (Å²) in [6, 6.07) is 13.8. The first-order valence-electron chi connectivity index (χ1n) is 7.14.